The van der Waals surface area contributed by atoms with Gasteiger partial charge in [-0.1, -0.05) is 13.8 Å². The summed E-state index contributed by atoms with van der Waals surface area (Å²) >= 11 is 0. The van der Waals surface area contributed by atoms with Crippen molar-refractivity contribution in [3.05, 3.63) is 23.8 Å². The van der Waals surface area contributed by atoms with Crippen LogP contribution in [0.5, 0.6) is 11.5 Å². The highest BCUT2D eigenvalue weighted by Crippen LogP contribution is 2.23. The van der Waals surface area contributed by atoms with Crippen molar-refractivity contribution in [2.45, 2.75) is 20.3 Å². The highest BCUT2D eigenvalue weighted by atomic mass is 16.5. The fourth-order valence-corrected chi connectivity index (χ4v) is 1.50. The zero-order valence-corrected chi connectivity index (χ0v) is 11.8. The first-order valence-electron chi connectivity index (χ1n) is 6.51. The molecule has 0 bridgehead atoms. The van der Waals surface area contributed by atoms with Crippen molar-refractivity contribution in [2.75, 3.05) is 26.9 Å². The van der Waals surface area contributed by atoms with Crippen LogP contribution in [0.2, 0.25) is 0 Å². The van der Waals surface area contributed by atoms with Gasteiger partial charge in [-0.3, -0.25) is 4.79 Å². The van der Waals surface area contributed by atoms with E-state index < -0.39 is 0 Å². The first-order chi connectivity index (χ1) is 9.17. The van der Waals surface area contributed by atoms with Gasteiger partial charge in [-0.05, 0) is 24.5 Å². The Balaban J connectivity index is 2.37. The van der Waals surface area contributed by atoms with E-state index in [0.717, 1.165) is 19.3 Å². The number of aldehydes is 1. The van der Waals surface area contributed by atoms with Gasteiger partial charge >= 0.3 is 0 Å². The lowest BCUT2D eigenvalue weighted by molar-refractivity contribution is 0.0916. The van der Waals surface area contributed by atoms with Gasteiger partial charge in [0.2, 0.25) is 0 Å². The molecule has 1 aromatic carbocycles. The van der Waals surface area contributed by atoms with Crippen LogP contribution in [0.25, 0.3) is 0 Å². The Morgan fingerprint density at radius 3 is 2.63 bits per heavy atom. The Bertz CT molecular complexity index is 388. The van der Waals surface area contributed by atoms with Gasteiger partial charge in [0.1, 0.15) is 18.1 Å². The molecule has 0 saturated heterocycles. The maximum Gasteiger partial charge on any atom is 0.153 e. The topological polar surface area (TPSA) is 44.8 Å². The Kier molecular flexibility index (Phi) is 6.97. The van der Waals surface area contributed by atoms with E-state index in [-0.39, 0.29) is 0 Å². The van der Waals surface area contributed by atoms with Gasteiger partial charge < -0.3 is 14.2 Å². The second-order valence-corrected chi connectivity index (χ2v) is 4.66. The van der Waals surface area contributed by atoms with Crippen LogP contribution in [-0.2, 0) is 4.74 Å². The van der Waals surface area contributed by atoms with Crippen molar-refractivity contribution < 1.29 is 19.0 Å². The van der Waals surface area contributed by atoms with Gasteiger partial charge in [0.25, 0.3) is 0 Å². The number of carbonyl (C=O) groups excluding carboxylic acids is 1. The first kappa shape index (κ1) is 15.5. The number of rotatable bonds is 9. The molecule has 1 aromatic rings. The summed E-state index contributed by atoms with van der Waals surface area (Å²) in [4.78, 5) is 10.9. The summed E-state index contributed by atoms with van der Waals surface area (Å²) in [6, 6.07) is 5.12. The highest BCUT2D eigenvalue weighted by molar-refractivity contribution is 5.79. The third-order valence-corrected chi connectivity index (χ3v) is 2.67. The second-order valence-electron chi connectivity index (χ2n) is 4.66. The summed E-state index contributed by atoms with van der Waals surface area (Å²) in [5.41, 5.74) is 0.517. The fraction of sp³-hybridized carbons (Fsp3) is 0.533. The molecular weight excluding hydrogens is 244 g/mol. The van der Waals surface area contributed by atoms with Crippen LogP contribution >= 0.6 is 0 Å². The summed E-state index contributed by atoms with van der Waals surface area (Å²) in [6.07, 6.45) is 1.81. The lowest BCUT2D eigenvalue weighted by atomic mass is 10.1. The molecule has 0 radical (unpaired) electrons. The predicted octanol–water partition coefficient (Wildman–Crippen LogP) is 2.95. The lowest BCUT2D eigenvalue weighted by Crippen LogP contribution is -2.09. The third kappa shape index (κ3) is 5.75. The molecule has 0 aromatic heterocycles. The van der Waals surface area contributed by atoms with E-state index in [1.807, 2.05) is 0 Å². The van der Waals surface area contributed by atoms with E-state index >= 15 is 0 Å². The van der Waals surface area contributed by atoms with Crippen LogP contribution < -0.4 is 9.47 Å². The van der Waals surface area contributed by atoms with Crippen LogP contribution in [0.3, 0.4) is 0 Å². The molecule has 0 heterocycles. The molecule has 0 atom stereocenters. The SMILES string of the molecule is COc1ccc(C=O)c(OCCOCCC(C)C)c1. The standard InChI is InChI=1S/C15H22O4/c1-12(2)6-7-18-8-9-19-15-10-14(17-3)5-4-13(15)11-16/h4-5,10-12H,6-9H2,1-3H3. The molecule has 19 heavy (non-hydrogen) atoms. The Labute approximate surface area is 114 Å². The fourth-order valence-electron chi connectivity index (χ4n) is 1.50. The molecule has 106 valence electrons. The molecule has 0 aliphatic carbocycles. The molecule has 0 aliphatic heterocycles. The molecule has 0 amide bonds. The maximum atomic E-state index is 10.9. The number of carbonyl (C=O) groups is 1. The molecule has 0 unspecified atom stereocenters. The normalized spacial score (nSPS) is 10.5. The number of ether oxygens (including phenoxy) is 3. The molecule has 0 saturated carbocycles. The van der Waals surface area contributed by atoms with Crippen molar-refractivity contribution >= 4 is 6.29 Å². The van der Waals surface area contributed by atoms with Crippen molar-refractivity contribution in [1.29, 1.82) is 0 Å². The molecule has 0 aliphatic rings. The molecule has 0 N–H and O–H groups in total. The number of hydrogen-bond donors (Lipinski definition) is 0. The van der Waals surface area contributed by atoms with Crippen molar-refractivity contribution in [2.24, 2.45) is 5.92 Å². The summed E-state index contributed by atoms with van der Waals surface area (Å²) in [7, 11) is 1.58. The van der Waals surface area contributed by atoms with Crippen LogP contribution in [0, 0.1) is 5.92 Å². The Morgan fingerprint density at radius 1 is 1.21 bits per heavy atom. The highest BCUT2D eigenvalue weighted by Gasteiger charge is 2.05. The summed E-state index contributed by atoms with van der Waals surface area (Å²) in [5.74, 6) is 1.84. The van der Waals surface area contributed by atoms with Gasteiger partial charge in [0.15, 0.2) is 6.29 Å². The molecule has 4 nitrogen and oxygen atoms in total. The van der Waals surface area contributed by atoms with Gasteiger partial charge in [-0.2, -0.15) is 0 Å². The minimum Gasteiger partial charge on any atom is -0.497 e. The van der Waals surface area contributed by atoms with E-state index in [4.69, 9.17) is 14.2 Å². The average molecular weight is 266 g/mol. The van der Waals surface area contributed by atoms with Gasteiger partial charge in [0.05, 0.1) is 19.3 Å². The molecule has 4 heteroatoms. The maximum absolute atomic E-state index is 10.9. The van der Waals surface area contributed by atoms with E-state index in [1.165, 1.54) is 0 Å². The summed E-state index contributed by atoms with van der Waals surface area (Å²) < 4.78 is 16.1. The average Bonchev–Trinajstić information content (AvgIpc) is 2.42. The third-order valence-electron chi connectivity index (χ3n) is 2.67. The minimum absolute atomic E-state index is 0.423. The van der Waals surface area contributed by atoms with Crippen LogP contribution in [0.1, 0.15) is 30.6 Å². The molecule has 1 rings (SSSR count). The zero-order valence-electron chi connectivity index (χ0n) is 11.8. The summed E-state index contributed by atoms with van der Waals surface area (Å²) in [5, 5.41) is 0. The van der Waals surface area contributed by atoms with Crippen molar-refractivity contribution in [3.63, 3.8) is 0 Å². The van der Waals surface area contributed by atoms with E-state index in [1.54, 1.807) is 25.3 Å². The van der Waals surface area contributed by atoms with Crippen LogP contribution in [0.15, 0.2) is 18.2 Å². The van der Waals surface area contributed by atoms with Crippen molar-refractivity contribution in [1.82, 2.24) is 0 Å². The lowest BCUT2D eigenvalue weighted by Gasteiger charge is -2.11. The Hall–Kier alpha value is -1.55. The number of hydrogen-bond acceptors (Lipinski definition) is 4. The van der Waals surface area contributed by atoms with E-state index in [0.29, 0.717) is 36.2 Å². The smallest absolute Gasteiger partial charge is 0.153 e. The van der Waals surface area contributed by atoms with Crippen molar-refractivity contribution in [3.8, 4) is 11.5 Å². The minimum atomic E-state index is 0.423. The zero-order chi connectivity index (χ0) is 14.1. The predicted molar refractivity (Wildman–Crippen MR) is 74.2 cm³/mol. The largest absolute Gasteiger partial charge is 0.497 e. The monoisotopic (exact) mass is 266 g/mol. The summed E-state index contributed by atoms with van der Waals surface area (Å²) in [6.45, 7) is 5.99. The van der Waals surface area contributed by atoms with Gasteiger partial charge in [-0.15, -0.1) is 0 Å². The van der Waals surface area contributed by atoms with Gasteiger partial charge in [0, 0.05) is 12.7 Å². The van der Waals surface area contributed by atoms with E-state index in [9.17, 15) is 4.79 Å². The van der Waals surface area contributed by atoms with Crippen LogP contribution in [0.4, 0.5) is 0 Å². The Morgan fingerprint density at radius 2 is 2.00 bits per heavy atom. The first-order valence-corrected chi connectivity index (χ1v) is 6.51. The van der Waals surface area contributed by atoms with E-state index in [2.05, 4.69) is 13.8 Å². The number of benzene rings is 1. The molecule has 0 spiro atoms. The molecular formula is C15H22O4. The quantitative estimate of drug-likeness (QED) is 0.509. The van der Waals surface area contributed by atoms with Gasteiger partial charge in [-0.25, -0.2) is 0 Å². The molecule has 0 fully saturated rings. The number of methoxy groups -OCH3 is 1. The second kappa shape index (κ2) is 8.53. The van der Waals surface area contributed by atoms with Crippen LogP contribution in [-0.4, -0.2) is 33.2 Å².